The Morgan fingerprint density at radius 1 is 1.48 bits per heavy atom. The molecule has 118 valence electrons. The number of nitrogens with one attached hydrogen (secondary N) is 1. The van der Waals surface area contributed by atoms with Crippen molar-refractivity contribution in [3.63, 3.8) is 0 Å². The SMILES string of the molecule is CC(=C\c1ccco1)/C=C1/NC(=S)N(c2cn(C)nc2C)C1=O. The third-order valence-electron chi connectivity index (χ3n) is 3.39. The quantitative estimate of drug-likeness (QED) is 0.693. The molecule has 1 amide bonds. The summed E-state index contributed by atoms with van der Waals surface area (Å²) in [4.78, 5) is 14.1. The fraction of sp³-hybridized carbons (Fsp3) is 0.188. The standard InChI is InChI=1S/C16H16N4O2S/c1-10(7-12-5-4-6-22-12)8-13-15(21)20(16(23)17-13)14-9-19(3)18-11(14)2/h4-9H,1-3H3,(H,17,23)/b10-7+,13-8+. The highest BCUT2D eigenvalue weighted by molar-refractivity contribution is 7.80. The highest BCUT2D eigenvalue weighted by Gasteiger charge is 2.33. The molecule has 0 aliphatic carbocycles. The Bertz CT molecular complexity index is 830. The number of amides is 1. The smallest absolute Gasteiger partial charge is 0.281 e. The molecule has 0 spiro atoms. The second-order valence-electron chi connectivity index (χ2n) is 5.31. The van der Waals surface area contributed by atoms with E-state index in [2.05, 4.69) is 10.4 Å². The second kappa shape index (κ2) is 5.85. The molecule has 23 heavy (non-hydrogen) atoms. The maximum atomic E-state index is 12.6. The van der Waals surface area contributed by atoms with Crippen LogP contribution < -0.4 is 10.2 Å². The summed E-state index contributed by atoms with van der Waals surface area (Å²) in [5.41, 5.74) is 2.74. The van der Waals surface area contributed by atoms with E-state index in [0.29, 0.717) is 16.5 Å². The number of rotatable bonds is 3. The normalized spacial score (nSPS) is 17.3. The molecule has 1 N–H and O–H groups in total. The Morgan fingerprint density at radius 3 is 2.87 bits per heavy atom. The molecule has 1 fully saturated rings. The number of hydrogen-bond donors (Lipinski definition) is 1. The zero-order valence-corrected chi connectivity index (χ0v) is 13.8. The van der Waals surface area contributed by atoms with Crippen molar-refractivity contribution < 1.29 is 9.21 Å². The molecule has 0 saturated carbocycles. The summed E-state index contributed by atoms with van der Waals surface area (Å²) < 4.78 is 6.92. The summed E-state index contributed by atoms with van der Waals surface area (Å²) >= 11 is 5.29. The number of carbonyl (C=O) groups excluding carboxylic acids is 1. The lowest BCUT2D eigenvalue weighted by molar-refractivity contribution is -0.113. The van der Waals surface area contributed by atoms with Crippen LogP contribution in [-0.2, 0) is 11.8 Å². The van der Waals surface area contributed by atoms with Gasteiger partial charge in [0, 0.05) is 13.2 Å². The van der Waals surface area contributed by atoms with Crippen molar-refractivity contribution in [3.8, 4) is 0 Å². The average molecular weight is 328 g/mol. The average Bonchev–Trinajstić information content (AvgIpc) is 3.14. The lowest BCUT2D eigenvalue weighted by Gasteiger charge is -2.11. The summed E-state index contributed by atoms with van der Waals surface area (Å²) in [7, 11) is 1.81. The van der Waals surface area contributed by atoms with Crippen LogP contribution >= 0.6 is 12.2 Å². The van der Waals surface area contributed by atoms with E-state index in [0.717, 1.165) is 17.0 Å². The zero-order chi connectivity index (χ0) is 16.6. The van der Waals surface area contributed by atoms with Gasteiger partial charge in [-0.15, -0.1) is 0 Å². The van der Waals surface area contributed by atoms with Crippen LogP contribution in [0.3, 0.4) is 0 Å². The summed E-state index contributed by atoms with van der Waals surface area (Å²) in [6, 6.07) is 3.66. The predicted octanol–water partition coefficient (Wildman–Crippen LogP) is 2.53. The van der Waals surface area contributed by atoms with Crippen molar-refractivity contribution in [2.75, 3.05) is 4.90 Å². The van der Waals surface area contributed by atoms with Crippen molar-refractivity contribution in [3.05, 3.63) is 53.4 Å². The minimum atomic E-state index is -0.196. The number of aryl methyl sites for hydroxylation is 2. The lowest BCUT2D eigenvalue weighted by Crippen LogP contribution is -2.30. The van der Waals surface area contributed by atoms with Gasteiger partial charge in [0.05, 0.1) is 17.6 Å². The summed E-state index contributed by atoms with van der Waals surface area (Å²) in [5, 5.41) is 7.56. The highest BCUT2D eigenvalue weighted by Crippen LogP contribution is 2.24. The molecule has 0 bridgehead atoms. The van der Waals surface area contributed by atoms with E-state index in [4.69, 9.17) is 16.6 Å². The number of aromatic nitrogens is 2. The maximum Gasteiger partial charge on any atom is 0.281 e. The fourth-order valence-corrected chi connectivity index (χ4v) is 2.72. The van der Waals surface area contributed by atoms with Crippen LogP contribution in [0, 0.1) is 6.92 Å². The molecule has 3 heterocycles. The first-order valence-electron chi connectivity index (χ1n) is 7.05. The highest BCUT2D eigenvalue weighted by atomic mass is 32.1. The Hall–Kier alpha value is -2.67. The first kappa shape index (κ1) is 15.2. The van der Waals surface area contributed by atoms with E-state index in [-0.39, 0.29) is 5.91 Å². The van der Waals surface area contributed by atoms with Gasteiger partial charge in [-0.05, 0) is 55.9 Å². The number of thiocarbonyl (C=S) groups is 1. The van der Waals surface area contributed by atoms with Crippen LogP contribution in [0.15, 0.2) is 46.4 Å². The maximum absolute atomic E-state index is 12.6. The molecule has 0 aromatic carbocycles. The molecule has 1 aliphatic rings. The molecule has 7 heteroatoms. The molecule has 0 radical (unpaired) electrons. The molecule has 6 nitrogen and oxygen atoms in total. The Kier molecular flexibility index (Phi) is 3.87. The van der Waals surface area contributed by atoms with Gasteiger partial charge in [0.1, 0.15) is 11.5 Å². The van der Waals surface area contributed by atoms with Crippen molar-refractivity contribution in [1.82, 2.24) is 15.1 Å². The van der Waals surface area contributed by atoms with E-state index in [1.807, 2.05) is 32.1 Å². The zero-order valence-electron chi connectivity index (χ0n) is 13.0. The Morgan fingerprint density at radius 2 is 2.26 bits per heavy atom. The van der Waals surface area contributed by atoms with Gasteiger partial charge in [0.25, 0.3) is 5.91 Å². The third kappa shape index (κ3) is 2.95. The summed E-state index contributed by atoms with van der Waals surface area (Å²) in [5.74, 6) is 0.533. The number of furan rings is 1. The number of hydrogen-bond acceptors (Lipinski definition) is 4. The van der Waals surface area contributed by atoms with Gasteiger partial charge in [0.15, 0.2) is 5.11 Å². The van der Waals surface area contributed by atoms with E-state index >= 15 is 0 Å². The number of anilines is 1. The molecule has 0 atom stereocenters. The lowest BCUT2D eigenvalue weighted by atomic mass is 10.2. The van der Waals surface area contributed by atoms with Crippen molar-refractivity contribution >= 4 is 35.0 Å². The summed E-state index contributed by atoms with van der Waals surface area (Å²) in [6.07, 6.45) is 6.98. The first-order chi connectivity index (χ1) is 11.0. The fourth-order valence-electron chi connectivity index (χ4n) is 2.43. The topological polar surface area (TPSA) is 63.3 Å². The molecule has 0 unspecified atom stereocenters. The first-order valence-corrected chi connectivity index (χ1v) is 7.45. The van der Waals surface area contributed by atoms with Crippen LogP contribution in [0.4, 0.5) is 5.69 Å². The minimum absolute atomic E-state index is 0.196. The van der Waals surface area contributed by atoms with E-state index in [9.17, 15) is 4.79 Å². The second-order valence-corrected chi connectivity index (χ2v) is 5.69. The Balaban J connectivity index is 1.89. The Labute approximate surface area is 139 Å². The molecule has 1 aliphatic heterocycles. The van der Waals surface area contributed by atoms with Crippen molar-refractivity contribution in [2.45, 2.75) is 13.8 Å². The number of carbonyl (C=O) groups is 1. The van der Waals surface area contributed by atoms with Crippen LogP contribution in [0.1, 0.15) is 18.4 Å². The molecular weight excluding hydrogens is 312 g/mol. The number of allylic oxidation sites excluding steroid dienone is 2. The number of nitrogens with zero attached hydrogens (tertiary/aromatic N) is 3. The van der Waals surface area contributed by atoms with Gasteiger partial charge < -0.3 is 9.73 Å². The van der Waals surface area contributed by atoms with Gasteiger partial charge in [-0.2, -0.15) is 5.10 Å². The van der Waals surface area contributed by atoms with E-state index < -0.39 is 0 Å². The predicted molar refractivity (Wildman–Crippen MR) is 91.6 cm³/mol. The van der Waals surface area contributed by atoms with Gasteiger partial charge >= 0.3 is 0 Å². The largest absolute Gasteiger partial charge is 0.465 e. The van der Waals surface area contributed by atoms with Crippen LogP contribution in [0.2, 0.25) is 0 Å². The van der Waals surface area contributed by atoms with Gasteiger partial charge in [-0.25, -0.2) is 4.90 Å². The minimum Gasteiger partial charge on any atom is -0.465 e. The molecule has 1 saturated heterocycles. The van der Waals surface area contributed by atoms with Crippen LogP contribution in [0.25, 0.3) is 6.08 Å². The summed E-state index contributed by atoms with van der Waals surface area (Å²) in [6.45, 7) is 3.74. The van der Waals surface area contributed by atoms with Crippen molar-refractivity contribution in [1.29, 1.82) is 0 Å². The van der Waals surface area contributed by atoms with Gasteiger partial charge in [-0.3, -0.25) is 9.48 Å². The van der Waals surface area contributed by atoms with Crippen LogP contribution in [-0.4, -0.2) is 20.8 Å². The molecular formula is C16H16N4O2S. The molecule has 3 rings (SSSR count). The third-order valence-corrected chi connectivity index (χ3v) is 3.68. The van der Waals surface area contributed by atoms with E-state index in [1.165, 1.54) is 4.90 Å². The molecule has 2 aromatic heterocycles. The van der Waals surface area contributed by atoms with E-state index in [1.54, 1.807) is 30.3 Å². The van der Waals surface area contributed by atoms with Gasteiger partial charge in [0.2, 0.25) is 0 Å². The van der Waals surface area contributed by atoms with Crippen molar-refractivity contribution in [2.24, 2.45) is 7.05 Å². The van der Waals surface area contributed by atoms with Gasteiger partial charge in [-0.1, -0.05) is 0 Å². The van der Waals surface area contributed by atoms with Crippen LogP contribution in [0.5, 0.6) is 0 Å². The molecule has 2 aromatic rings. The monoisotopic (exact) mass is 328 g/mol.